The van der Waals surface area contributed by atoms with Crippen LogP contribution in [0.1, 0.15) is 21.8 Å². The molecule has 5 rings (SSSR count). The van der Waals surface area contributed by atoms with E-state index in [2.05, 4.69) is 24.5 Å². The molecule has 2 N–H and O–H groups in total. The third-order valence-corrected chi connectivity index (χ3v) is 5.87. The molecule has 0 radical (unpaired) electrons. The lowest BCUT2D eigenvalue weighted by Crippen LogP contribution is -2.25. The number of anilines is 2. The Morgan fingerprint density at radius 2 is 1.91 bits per heavy atom. The van der Waals surface area contributed by atoms with E-state index in [4.69, 9.17) is 0 Å². The molecule has 0 bridgehead atoms. The first kappa shape index (κ1) is 21.1. The highest BCUT2D eigenvalue weighted by Gasteiger charge is 2.44. The molecule has 1 aromatic heterocycles. The summed E-state index contributed by atoms with van der Waals surface area (Å²) in [5, 5.41) is 3.09. The molecule has 0 saturated heterocycles. The van der Waals surface area contributed by atoms with Crippen molar-refractivity contribution in [2.45, 2.75) is 12.2 Å². The van der Waals surface area contributed by atoms with E-state index in [9.17, 15) is 22.0 Å². The van der Waals surface area contributed by atoms with Gasteiger partial charge < -0.3 is 14.8 Å². The van der Waals surface area contributed by atoms with E-state index in [1.165, 1.54) is 18.2 Å². The largest absolute Gasteiger partial charge is 0.586 e. The van der Waals surface area contributed by atoms with E-state index in [1.807, 2.05) is 6.07 Å². The Balaban J connectivity index is 1.45. The zero-order chi connectivity index (χ0) is 23.4. The molecule has 1 unspecified atom stereocenters. The lowest BCUT2D eigenvalue weighted by atomic mass is 9.91. The molecule has 0 amide bonds. The Morgan fingerprint density at radius 3 is 2.70 bits per heavy atom. The number of nitrogens with one attached hydrogen (secondary N) is 2. The molecular weight excluding hydrogens is 456 g/mol. The maximum Gasteiger partial charge on any atom is 0.586 e. The van der Waals surface area contributed by atoms with Crippen molar-refractivity contribution in [1.29, 1.82) is 0 Å². The Kier molecular flexibility index (Phi) is 4.74. The second kappa shape index (κ2) is 7.41. The number of alkyl halides is 2. The number of nitrogens with zero attached hydrogens (tertiary/aromatic N) is 1. The van der Waals surface area contributed by atoms with Crippen LogP contribution in [0.15, 0.2) is 54.7 Å². The fourth-order valence-corrected chi connectivity index (χ4v) is 4.43. The lowest BCUT2D eigenvalue weighted by Gasteiger charge is -2.11. The molecule has 0 spiro atoms. The van der Waals surface area contributed by atoms with Crippen molar-refractivity contribution in [2.75, 3.05) is 22.8 Å². The second-order valence-corrected chi connectivity index (χ2v) is 9.49. The van der Waals surface area contributed by atoms with Crippen molar-refractivity contribution in [3.63, 3.8) is 0 Å². The third kappa shape index (κ3) is 4.19. The number of sulfonamides is 1. The van der Waals surface area contributed by atoms with Gasteiger partial charge in [0, 0.05) is 35.1 Å². The summed E-state index contributed by atoms with van der Waals surface area (Å²) in [6.45, 7) is 0.297. The first-order valence-electron chi connectivity index (χ1n) is 9.84. The van der Waals surface area contributed by atoms with Crippen LogP contribution in [0, 0.1) is 0 Å². The second-order valence-electron chi connectivity index (χ2n) is 7.74. The number of carbonyl (C=O) groups excluding carboxylic acids is 1. The quantitative estimate of drug-likeness (QED) is 0.543. The van der Waals surface area contributed by atoms with Gasteiger partial charge in [0.05, 0.1) is 12.2 Å². The standard InChI is InChI=1S/C22H17F2N3O5S/c1-33(29,30)27-15-4-2-3-12(7-15)14-8-16-17(11-26-21(16)25-10-14)20(28)13-5-6-18-19(9-13)32-22(23,24)31-18/h2-10,17,27H,11H2,1H3,(H,25,26). The fraction of sp³-hybridized carbons (Fsp3) is 0.182. The minimum atomic E-state index is -3.76. The van der Waals surface area contributed by atoms with Crippen LogP contribution in [-0.2, 0) is 10.0 Å². The summed E-state index contributed by atoms with van der Waals surface area (Å²) in [4.78, 5) is 17.6. The van der Waals surface area contributed by atoms with Gasteiger partial charge in [-0.1, -0.05) is 12.1 Å². The number of benzene rings is 2. The smallest absolute Gasteiger partial charge is 0.395 e. The number of ketones is 1. The minimum Gasteiger partial charge on any atom is -0.395 e. The Hall–Kier alpha value is -3.73. The molecule has 170 valence electrons. The van der Waals surface area contributed by atoms with Gasteiger partial charge in [0.25, 0.3) is 0 Å². The molecule has 3 heterocycles. The van der Waals surface area contributed by atoms with Crippen molar-refractivity contribution >= 4 is 27.3 Å². The number of ether oxygens (including phenoxy) is 2. The molecule has 2 aliphatic rings. The van der Waals surface area contributed by atoms with Gasteiger partial charge in [0.2, 0.25) is 10.0 Å². The lowest BCUT2D eigenvalue weighted by molar-refractivity contribution is -0.286. The van der Waals surface area contributed by atoms with Crippen LogP contribution in [-0.4, -0.2) is 38.3 Å². The molecule has 2 aromatic carbocycles. The highest BCUT2D eigenvalue weighted by Crippen LogP contribution is 2.42. The summed E-state index contributed by atoms with van der Waals surface area (Å²) >= 11 is 0. The predicted molar refractivity (Wildman–Crippen MR) is 116 cm³/mol. The highest BCUT2D eigenvalue weighted by atomic mass is 32.2. The number of Topliss-reactive ketones (excluding diaryl/α,β-unsaturated/α-hetero) is 1. The SMILES string of the molecule is CS(=O)(=O)Nc1cccc(-c2cnc3c(c2)C(C(=O)c2ccc4c(c2)OC(F)(F)O4)CN3)c1. The third-order valence-electron chi connectivity index (χ3n) is 5.27. The van der Waals surface area contributed by atoms with Crippen molar-refractivity contribution in [2.24, 2.45) is 0 Å². The van der Waals surface area contributed by atoms with Crippen LogP contribution in [0.4, 0.5) is 20.3 Å². The van der Waals surface area contributed by atoms with Crippen molar-refractivity contribution in [3.05, 3.63) is 65.9 Å². The Morgan fingerprint density at radius 1 is 1.12 bits per heavy atom. The van der Waals surface area contributed by atoms with E-state index in [-0.39, 0.29) is 22.8 Å². The van der Waals surface area contributed by atoms with Gasteiger partial charge in [-0.05, 0) is 42.0 Å². The summed E-state index contributed by atoms with van der Waals surface area (Å²) in [5.74, 6) is -0.651. The Labute approximate surface area is 187 Å². The number of hydrogen-bond donors (Lipinski definition) is 2. The van der Waals surface area contributed by atoms with Gasteiger partial charge in [-0.2, -0.15) is 0 Å². The van der Waals surface area contributed by atoms with Crippen LogP contribution in [0.5, 0.6) is 11.5 Å². The number of halogens is 2. The number of hydrogen-bond acceptors (Lipinski definition) is 7. The van der Waals surface area contributed by atoms with E-state index < -0.39 is 22.2 Å². The van der Waals surface area contributed by atoms with Crippen LogP contribution >= 0.6 is 0 Å². The van der Waals surface area contributed by atoms with E-state index in [0.717, 1.165) is 6.26 Å². The molecule has 8 nitrogen and oxygen atoms in total. The minimum absolute atomic E-state index is 0.131. The average molecular weight is 473 g/mol. The zero-order valence-corrected chi connectivity index (χ0v) is 17.9. The Bertz CT molecular complexity index is 1390. The monoisotopic (exact) mass is 473 g/mol. The molecule has 33 heavy (non-hydrogen) atoms. The molecular formula is C22H17F2N3O5S. The molecule has 3 aromatic rings. The zero-order valence-electron chi connectivity index (χ0n) is 17.1. The predicted octanol–water partition coefficient (Wildman–Crippen LogP) is 3.83. The van der Waals surface area contributed by atoms with Crippen LogP contribution in [0.25, 0.3) is 11.1 Å². The van der Waals surface area contributed by atoms with Crippen molar-refractivity contribution < 1.29 is 31.5 Å². The molecule has 0 aliphatic carbocycles. The van der Waals surface area contributed by atoms with Gasteiger partial charge in [-0.15, -0.1) is 8.78 Å². The maximum absolute atomic E-state index is 13.3. The summed E-state index contributed by atoms with van der Waals surface area (Å²) in [7, 11) is -3.43. The first-order valence-corrected chi connectivity index (χ1v) is 11.7. The fourth-order valence-electron chi connectivity index (χ4n) is 3.88. The number of pyridine rings is 1. The van der Waals surface area contributed by atoms with Crippen molar-refractivity contribution in [3.8, 4) is 22.6 Å². The van der Waals surface area contributed by atoms with Gasteiger partial charge in [0.1, 0.15) is 5.82 Å². The van der Waals surface area contributed by atoms with Crippen molar-refractivity contribution in [1.82, 2.24) is 4.98 Å². The van der Waals surface area contributed by atoms with Gasteiger partial charge in [-0.3, -0.25) is 9.52 Å². The normalized spacial score (nSPS) is 17.8. The summed E-state index contributed by atoms with van der Waals surface area (Å²) < 4.78 is 60.9. The topological polar surface area (TPSA) is 107 Å². The first-order chi connectivity index (χ1) is 15.6. The van der Waals surface area contributed by atoms with E-state index in [0.29, 0.717) is 34.7 Å². The molecule has 1 atom stereocenters. The summed E-state index contributed by atoms with van der Waals surface area (Å²) in [6.07, 6.45) is -1.07. The van der Waals surface area contributed by atoms with E-state index >= 15 is 0 Å². The number of fused-ring (bicyclic) bond motifs is 2. The summed E-state index contributed by atoms with van der Waals surface area (Å²) in [5.41, 5.74) is 2.67. The number of aromatic nitrogens is 1. The highest BCUT2D eigenvalue weighted by molar-refractivity contribution is 7.92. The van der Waals surface area contributed by atoms with Crippen LogP contribution < -0.4 is 19.5 Å². The molecule has 2 aliphatic heterocycles. The van der Waals surface area contributed by atoms with Gasteiger partial charge in [-0.25, -0.2) is 13.4 Å². The number of rotatable bonds is 5. The van der Waals surface area contributed by atoms with E-state index in [1.54, 1.807) is 30.5 Å². The van der Waals surface area contributed by atoms with Gasteiger partial charge >= 0.3 is 6.29 Å². The molecule has 0 fully saturated rings. The van der Waals surface area contributed by atoms with Crippen LogP contribution in [0.2, 0.25) is 0 Å². The van der Waals surface area contributed by atoms with Crippen LogP contribution in [0.3, 0.4) is 0 Å². The summed E-state index contributed by atoms with van der Waals surface area (Å²) in [6, 6.07) is 12.6. The molecule has 11 heteroatoms. The maximum atomic E-state index is 13.3. The number of carbonyl (C=O) groups is 1. The molecule has 0 saturated carbocycles. The van der Waals surface area contributed by atoms with Gasteiger partial charge in [0.15, 0.2) is 17.3 Å². The average Bonchev–Trinajstić information content (AvgIpc) is 3.30.